The van der Waals surface area contributed by atoms with Gasteiger partial charge in [0, 0.05) is 5.92 Å². The summed E-state index contributed by atoms with van der Waals surface area (Å²) in [5, 5.41) is 18.2. The molecule has 2 N–H and O–H groups in total. The SMILES string of the molecule is C=C(C)[C@H](/C=C/C(C)(C)O)CO. The van der Waals surface area contributed by atoms with Gasteiger partial charge in [-0.05, 0) is 20.8 Å². The van der Waals surface area contributed by atoms with E-state index >= 15 is 0 Å². The molecule has 0 aliphatic heterocycles. The first-order valence-corrected chi connectivity index (χ1v) is 4.05. The quantitative estimate of drug-likeness (QED) is 0.628. The Bertz CT molecular complexity index is 175. The van der Waals surface area contributed by atoms with E-state index in [0.29, 0.717) is 0 Å². The van der Waals surface area contributed by atoms with E-state index < -0.39 is 5.60 Å². The van der Waals surface area contributed by atoms with Crippen molar-refractivity contribution in [1.29, 1.82) is 0 Å². The second-order valence-corrected chi connectivity index (χ2v) is 3.65. The smallest absolute Gasteiger partial charge is 0.0771 e. The van der Waals surface area contributed by atoms with Crippen molar-refractivity contribution in [3.8, 4) is 0 Å². The molecule has 0 unspecified atom stereocenters. The van der Waals surface area contributed by atoms with Crippen molar-refractivity contribution in [2.75, 3.05) is 6.61 Å². The Morgan fingerprint density at radius 3 is 2.33 bits per heavy atom. The number of aliphatic hydroxyl groups excluding tert-OH is 1. The third kappa shape index (κ3) is 5.10. The Morgan fingerprint density at radius 1 is 1.58 bits per heavy atom. The molecule has 0 saturated heterocycles. The fraction of sp³-hybridized carbons (Fsp3) is 0.600. The molecule has 12 heavy (non-hydrogen) atoms. The molecule has 0 aromatic heterocycles. The van der Waals surface area contributed by atoms with Crippen LogP contribution in [0.5, 0.6) is 0 Å². The molecule has 70 valence electrons. The largest absolute Gasteiger partial charge is 0.395 e. The van der Waals surface area contributed by atoms with Gasteiger partial charge in [-0.15, -0.1) is 0 Å². The summed E-state index contributed by atoms with van der Waals surface area (Å²) in [6.07, 6.45) is 3.45. The maximum Gasteiger partial charge on any atom is 0.0771 e. The van der Waals surface area contributed by atoms with Crippen molar-refractivity contribution in [1.82, 2.24) is 0 Å². The summed E-state index contributed by atoms with van der Waals surface area (Å²) in [5.41, 5.74) is 0.0843. The van der Waals surface area contributed by atoms with E-state index in [1.807, 2.05) is 6.92 Å². The third-order valence-corrected chi connectivity index (χ3v) is 1.57. The molecule has 0 rings (SSSR count). The van der Waals surface area contributed by atoms with Crippen LogP contribution in [0.25, 0.3) is 0 Å². The van der Waals surface area contributed by atoms with Gasteiger partial charge in [-0.1, -0.05) is 24.3 Å². The number of aliphatic hydroxyl groups is 2. The molecule has 2 nitrogen and oxygen atoms in total. The highest BCUT2D eigenvalue weighted by Crippen LogP contribution is 2.12. The molecule has 0 aliphatic rings. The van der Waals surface area contributed by atoms with Crippen LogP contribution in [-0.2, 0) is 0 Å². The summed E-state index contributed by atoms with van der Waals surface area (Å²) < 4.78 is 0. The van der Waals surface area contributed by atoms with Crippen LogP contribution in [0.2, 0.25) is 0 Å². The molecule has 0 heterocycles. The predicted octanol–water partition coefficient (Wildman–Crippen LogP) is 1.50. The van der Waals surface area contributed by atoms with Gasteiger partial charge in [0.1, 0.15) is 0 Å². The van der Waals surface area contributed by atoms with Crippen LogP contribution >= 0.6 is 0 Å². The van der Waals surface area contributed by atoms with Crippen LogP contribution in [0.1, 0.15) is 20.8 Å². The Kier molecular flexibility index (Phi) is 4.21. The first-order valence-electron chi connectivity index (χ1n) is 4.05. The van der Waals surface area contributed by atoms with E-state index in [0.717, 1.165) is 5.57 Å². The van der Waals surface area contributed by atoms with Gasteiger partial charge in [0.2, 0.25) is 0 Å². The van der Waals surface area contributed by atoms with E-state index in [2.05, 4.69) is 6.58 Å². The van der Waals surface area contributed by atoms with Gasteiger partial charge in [0.25, 0.3) is 0 Å². The molecule has 0 saturated carbocycles. The van der Waals surface area contributed by atoms with Crippen molar-refractivity contribution in [2.24, 2.45) is 5.92 Å². The first kappa shape index (κ1) is 11.4. The van der Waals surface area contributed by atoms with Gasteiger partial charge in [-0.3, -0.25) is 0 Å². The van der Waals surface area contributed by atoms with Gasteiger partial charge in [0.05, 0.1) is 12.2 Å². The molecule has 0 radical (unpaired) electrons. The Balaban J connectivity index is 4.21. The van der Waals surface area contributed by atoms with Crippen LogP contribution in [0, 0.1) is 5.92 Å². The highest BCUT2D eigenvalue weighted by molar-refractivity contribution is 5.09. The normalized spacial score (nSPS) is 15.1. The average Bonchev–Trinajstić information content (AvgIpc) is 1.85. The highest BCUT2D eigenvalue weighted by Gasteiger charge is 2.09. The minimum absolute atomic E-state index is 0.0436. The zero-order valence-electron chi connectivity index (χ0n) is 8.04. The molecule has 2 heteroatoms. The lowest BCUT2D eigenvalue weighted by molar-refractivity contribution is 0.132. The second kappa shape index (κ2) is 4.43. The van der Waals surface area contributed by atoms with Crippen molar-refractivity contribution in [3.05, 3.63) is 24.3 Å². The van der Waals surface area contributed by atoms with Gasteiger partial charge in [-0.2, -0.15) is 0 Å². The first-order chi connectivity index (χ1) is 5.37. The molecule has 0 fully saturated rings. The molecule has 0 aromatic carbocycles. The highest BCUT2D eigenvalue weighted by atomic mass is 16.3. The standard InChI is InChI=1S/C10H18O2/c1-8(2)9(7-11)5-6-10(3,4)12/h5-6,9,11-12H,1,7H2,2-4H3/b6-5+/t9-/m1/s1. The third-order valence-electron chi connectivity index (χ3n) is 1.57. The lowest BCUT2D eigenvalue weighted by Gasteiger charge is -2.13. The fourth-order valence-corrected chi connectivity index (χ4v) is 0.733. The summed E-state index contributed by atoms with van der Waals surface area (Å²) >= 11 is 0. The fourth-order valence-electron chi connectivity index (χ4n) is 0.733. The van der Waals surface area contributed by atoms with Crippen LogP contribution in [0.4, 0.5) is 0 Å². The molecule has 1 atom stereocenters. The minimum Gasteiger partial charge on any atom is -0.395 e. The monoisotopic (exact) mass is 170 g/mol. The average molecular weight is 170 g/mol. The van der Waals surface area contributed by atoms with E-state index in [1.165, 1.54) is 0 Å². The second-order valence-electron chi connectivity index (χ2n) is 3.65. The molecule has 0 bridgehead atoms. The predicted molar refractivity (Wildman–Crippen MR) is 50.8 cm³/mol. The van der Waals surface area contributed by atoms with Crippen molar-refractivity contribution in [3.63, 3.8) is 0 Å². The molecule has 0 aliphatic carbocycles. The van der Waals surface area contributed by atoms with Crippen molar-refractivity contribution in [2.45, 2.75) is 26.4 Å². The van der Waals surface area contributed by atoms with Crippen LogP contribution in [-0.4, -0.2) is 22.4 Å². The van der Waals surface area contributed by atoms with E-state index in [9.17, 15) is 5.11 Å². The zero-order chi connectivity index (χ0) is 9.78. The lowest BCUT2D eigenvalue weighted by Crippen LogP contribution is -2.15. The maximum absolute atomic E-state index is 9.35. The van der Waals surface area contributed by atoms with E-state index in [-0.39, 0.29) is 12.5 Å². The summed E-state index contributed by atoms with van der Waals surface area (Å²) in [4.78, 5) is 0. The lowest BCUT2D eigenvalue weighted by atomic mass is 9.99. The Hall–Kier alpha value is -0.600. The molecular formula is C10H18O2. The number of rotatable bonds is 4. The van der Waals surface area contributed by atoms with E-state index in [4.69, 9.17) is 5.11 Å². The van der Waals surface area contributed by atoms with Gasteiger partial charge in [0.15, 0.2) is 0 Å². The summed E-state index contributed by atoms with van der Waals surface area (Å²) in [7, 11) is 0. The molecular weight excluding hydrogens is 152 g/mol. The Labute approximate surface area is 74.2 Å². The zero-order valence-corrected chi connectivity index (χ0v) is 8.04. The molecule has 0 amide bonds. The number of hydrogen-bond acceptors (Lipinski definition) is 2. The van der Waals surface area contributed by atoms with Crippen molar-refractivity contribution >= 4 is 0 Å². The summed E-state index contributed by atoms with van der Waals surface area (Å²) in [6.45, 7) is 9.02. The van der Waals surface area contributed by atoms with Gasteiger partial charge >= 0.3 is 0 Å². The van der Waals surface area contributed by atoms with Gasteiger partial charge < -0.3 is 10.2 Å². The maximum atomic E-state index is 9.35. The molecule has 0 aromatic rings. The Morgan fingerprint density at radius 2 is 2.08 bits per heavy atom. The van der Waals surface area contributed by atoms with Crippen LogP contribution in [0.3, 0.4) is 0 Å². The van der Waals surface area contributed by atoms with Crippen molar-refractivity contribution < 1.29 is 10.2 Å². The van der Waals surface area contributed by atoms with Gasteiger partial charge in [-0.25, -0.2) is 0 Å². The molecule has 0 spiro atoms. The number of hydrogen-bond donors (Lipinski definition) is 2. The topological polar surface area (TPSA) is 40.5 Å². The van der Waals surface area contributed by atoms with E-state index in [1.54, 1.807) is 26.0 Å². The summed E-state index contributed by atoms with van der Waals surface area (Å²) in [6, 6.07) is 0. The summed E-state index contributed by atoms with van der Waals surface area (Å²) in [5.74, 6) is -0.0450. The van der Waals surface area contributed by atoms with Crippen LogP contribution < -0.4 is 0 Å². The van der Waals surface area contributed by atoms with Crippen LogP contribution in [0.15, 0.2) is 24.3 Å². The minimum atomic E-state index is -0.817.